The van der Waals surface area contributed by atoms with E-state index in [1.807, 2.05) is 0 Å². The summed E-state index contributed by atoms with van der Waals surface area (Å²) in [7, 11) is 0. The number of aliphatic hydroxyl groups is 2. The maximum absolute atomic E-state index is 12.5. The van der Waals surface area contributed by atoms with Crippen LogP contribution in [0.25, 0.3) is 0 Å². The number of rotatable bonds is 55. The van der Waals surface area contributed by atoms with E-state index in [2.05, 4.69) is 31.3 Å². The lowest BCUT2D eigenvalue weighted by molar-refractivity contribution is -0.143. The Labute approximate surface area is 406 Å². The highest BCUT2D eigenvalue weighted by molar-refractivity contribution is 5.76. The summed E-state index contributed by atoms with van der Waals surface area (Å²) in [5, 5.41) is 23.3. The fourth-order valence-electron chi connectivity index (χ4n) is 9.28. The summed E-state index contributed by atoms with van der Waals surface area (Å²) in [5.74, 6) is -0.0494. The number of ether oxygens (including phenoxy) is 1. The molecule has 0 aliphatic heterocycles. The number of hydrogen-bond acceptors (Lipinski definition) is 5. The molecule has 0 radical (unpaired) electrons. The number of carbonyl (C=O) groups is 2. The standard InChI is InChI=1S/C59H115NO5/c1-3-5-7-9-11-13-15-17-18-19-20-21-24-28-31-35-39-43-47-51-57(62)56(55-61)60-58(63)52-48-44-40-36-32-29-25-22-23-26-30-34-38-42-46-50-54-65-59(64)53-49-45-41-37-33-27-16-14-12-10-8-6-4-2/h22,25,56-57,61-62H,3-21,23-24,26-55H2,1-2H3,(H,60,63)/b25-22-. The van der Waals surface area contributed by atoms with Crippen molar-refractivity contribution in [3.05, 3.63) is 12.2 Å². The molecule has 0 heterocycles. The van der Waals surface area contributed by atoms with Gasteiger partial charge in [0, 0.05) is 12.8 Å². The molecule has 0 aliphatic rings. The van der Waals surface area contributed by atoms with E-state index in [1.165, 1.54) is 231 Å². The Balaban J connectivity index is 3.46. The lowest BCUT2D eigenvalue weighted by atomic mass is 10.0. The predicted octanol–water partition coefficient (Wildman–Crippen LogP) is 18.1. The number of amides is 1. The van der Waals surface area contributed by atoms with Crippen molar-refractivity contribution in [3.63, 3.8) is 0 Å². The van der Waals surface area contributed by atoms with E-state index >= 15 is 0 Å². The molecule has 0 bridgehead atoms. The monoisotopic (exact) mass is 918 g/mol. The van der Waals surface area contributed by atoms with Gasteiger partial charge < -0.3 is 20.3 Å². The second kappa shape index (κ2) is 55.2. The topological polar surface area (TPSA) is 95.9 Å². The van der Waals surface area contributed by atoms with Gasteiger partial charge in [0.15, 0.2) is 0 Å². The molecule has 1 amide bonds. The maximum atomic E-state index is 12.5. The third kappa shape index (κ3) is 51.8. The number of aliphatic hydroxyl groups excluding tert-OH is 2. The second-order valence-corrected chi connectivity index (χ2v) is 20.3. The summed E-state index contributed by atoms with van der Waals surface area (Å²) in [6.07, 6.45) is 64.9. The van der Waals surface area contributed by atoms with Crippen LogP contribution in [-0.4, -0.2) is 47.4 Å². The Kier molecular flexibility index (Phi) is 54.0. The van der Waals surface area contributed by atoms with Gasteiger partial charge in [0.05, 0.1) is 25.4 Å². The Morgan fingerprint density at radius 3 is 1.09 bits per heavy atom. The first kappa shape index (κ1) is 63.6. The smallest absolute Gasteiger partial charge is 0.305 e. The van der Waals surface area contributed by atoms with Crippen molar-refractivity contribution >= 4 is 11.9 Å². The zero-order valence-corrected chi connectivity index (χ0v) is 44.0. The van der Waals surface area contributed by atoms with Crippen LogP contribution in [0, 0.1) is 0 Å². The van der Waals surface area contributed by atoms with Crippen molar-refractivity contribution in [3.8, 4) is 0 Å². The molecule has 0 aromatic rings. The summed E-state index contributed by atoms with van der Waals surface area (Å²) in [6, 6.07) is -0.553. The molecular formula is C59H115NO5. The Morgan fingerprint density at radius 1 is 0.415 bits per heavy atom. The lowest BCUT2D eigenvalue weighted by Crippen LogP contribution is -2.45. The third-order valence-electron chi connectivity index (χ3n) is 13.8. The summed E-state index contributed by atoms with van der Waals surface area (Å²) < 4.78 is 5.47. The van der Waals surface area contributed by atoms with E-state index in [0.29, 0.717) is 25.9 Å². The van der Waals surface area contributed by atoms with Gasteiger partial charge in [-0.2, -0.15) is 0 Å². The van der Waals surface area contributed by atoms with Crippen molar-refractivity contribution in [2.75, 3.05) is 13.2 Å². The minimum Gasteiger partial charge on any atom is -0.466 e. The zero-order valence-electron chi connectivity index (χ0n) is 44.0. The van der Waals surface area contributed by atoms with E-state index in [0.717, 1.165) is 64.2 Å². The predicted molar refractivity (Wildman–Crippen MR) is 283 cm³/mol. The largest absolute Gasteiger partial charge is 0.466 e. The Bertz CT molecular complexity index is 970. The summed E-state index contributed by atoms with van der Waals surface area (Å²) >= 11 is 0. The van der Waals surface area contributed by atoms with Crippen LogP contribution in [0.2, 0.25) is 0 Å². The van der Waals surface area contributed by atoms with Gasteiger partial charge in [0.1, 0.15) is 0 Å². The van der Waals surface area contributed by atoms with Gasteiger partial charge in [0.25, 0.3) is 0 Å². The van der Waals surface area contributed by atoms with Gasteiger partial charge in [-0.15, -0.1) is 0 Å². The van der Waals surface area contributed by atoms with Crippen molar-refractivity contribution in [2.24, 2.45) is 0 Å². The molecule has 0 rings (SSSR count). The highest BCUT2D eigenvalue weighted by atomic mass is 16.5. The molecule has 2 unspecified atom stereocenters. The number of esters is 1. The van der Waals surface area contributed by atoms with Crippen molar-refractivity contribution in [2.45, 2.75) is 341 Å². The highest BCUT2D eigenvalue weighted by Gasteiger charge is 2.20. The van der Waals surface area contributed by atoms with Gasteiger partial charge in [0.2, 0.25) is 5.91 Å². The molecular weight excluding hydrogens is 803 g/mol. The minimum atomic E-state index is -0.674. The Hall–Kier alpha value is -1.40. The van der Waals surface area contributed by atoms with Crippen LogP contribution < -0.4 is 5.32 Å². The van der Waals surface area contributed by atoms with Gasteiger partial charge in [-0.3, -0.25) is 9.59 Å². The highest BCUT2D eigenvalue weighted by Crippen LogP contribution is 2.17. The van der Waals surface area contributed by atoms with Gasteiger partial charge in [-0.25, -0.2) is 0 Å². The summed E-state index contributed by atoms with van der Waals surface area (Å²) in [6.45, 7) is 4.95. The summed E-state index contributed by atoms with van der Waals surface area (Å²) in [5.41, 5.74) is 0. The van der Waals surface area contributed by atoms with Gasteiger partial charge >= 0.3 is 5.97 Å². The van der Waals surface area contributed by atoms with Crippen LogP contribution in [-0.2, 0) is 14.3 Å². The molecule has 0 aromatic carbocycles. The molecule has 0 saturated carbocycles. The second-order valence-electron chi connectivity index (χ2n) is 20.3. The van der Waals surface area contributed by atoms with E-state index < -0.39 is 12.1 Å². The fourth-order valence-corrected chi connectivity index (χ4v) is 9.28. The van der Waals surface area contributed by atoms with E-state index in [4.69, 9.17) is 4.74 Å². The van der Waals surface area contributed by atoms with Crippen LogP contribution >= 0.6 is 0 Å². The lowest BCUT2D eigenvalue weighted by Gasteiger charge is -2.22. The van der Waals surface area contributed by atoms with Crippen LogP contribution in [0.1, 0.15) is 328 Å². The molecule has 6 nitrogen and oxygen atoms in total. The van der Waals surface area contributed by atoms with Crippen LogP contribution in [0.4, 0.5) is 0 Å². The van der Waals surface area contributed by atoms with Crippen molar-refractivity contribution in [1.82, 2.24) is 5.32 Å². The number of carbonyl (C=O) groups excluding carboxylic acids is 2. The first-order valence-electron chi connectivity index (χ1n) is 29.4. The first-order valence-corrected chi connectivity index (χ1v) is 29.4. The molecule has 0 saturated heterocycles. The molecule has 0 spiro atoms. The number of nitrogens with one attached hydrogen (secondary N) is 1. The number of unbranched alkanes of at least 4 members (excludes halogenated alkanes) is 42. The molecule has 0 aromatic heterocycles. The normalized spacial score (nSPS) is 12.6. The molecule has 386 valence electrons. The maximum Gasteiger partial charge on any atom is 0.305 e. The van der Waals surface area contributed by atoms with Crippen LogP contribution in [0.5, 0.6) is 0 Å². The molecule has 2 atom stereocenters. The molecule has 0 aliphatic carbocycles. The zero-order chi connectivity index (χ0) is 47.2. The van der Waals surface area contributed by atoms with Gasteiger partial charge in [-0.05, 0) is 51.4 Å². The number of hydrogen-bond donors (Lipinski definition) is 3. The average Bonchev–Trinajstić information content (AvgIpc) is 3.31. The molecule has 0 fully saturated rings. The molecule has 3 N–H and O–H groups in total. The Morgan fingerprint density at radius 2 is 0.723 bits per heavy atom. The van der Waals surface area contributed by atoms with Crippen LogP contribution in [0.3, 0.4) is 0 Å². The van der Waals surface area contributed by atoms with Crippen molar-refractivity contribution < 1.29 is 24.5 Å². The quantitative estimate of drug-likeness (QED) is 0.0321. The van der Waals surface area contributed by atoms with Gasteiger partial charge in [-0.1, -0.05) is 276 Å². The van der Waals surface area contributed by atoms with Crippen LogP contribution in [0.15, 0.2) is 12.2 Å². The van der Waals surface area contributed by atoms with E-state index in [1.54, 1.807) is 0 Å². The third-order valence-corrected chi connectivity index (χ3v) is 13.8. The SMILES string of the molecule is CCCCCCCCCCCCCCCCCCCCCC(O)C(CO)NC(=O)CCCCCCC/C=C\CCCCCCCCCOC(=O)CCCCCCCCCCCCCCC. The fraction of sp³-hybridized carbons (Fsp3) is 0.932. The van der Waals surface area contributed by atoms with E-state index in [-0.39, 0.29) is 18.5 Å². The minimum absolute atomic E-state index is 0.000516. The molecule has 65 heavy (non-hydrogen) atoms. The van der Waals surface area contributed by atoms with Crippen molar-refractivity contribution in [1.29, 1.82) is 0 Å². The molecule has 6 heteroatoms. The number of allylic oxidation sites excluding steroid dienone is 2. The average molecular weight is 919 g/mol. The van der Waals surface area contributed by atoms with E-state index in [9.17, 15) is 19.8 Å². The first-order chi connectivity index (χ1) is 32.0. The summed E-state index contributed by atoms with van der Waals surface area (Å²) in [4.78, 5) is 24.5.